The molecule has 1 aromatic heterocycles. The largest absolute Gasteiger partial charge is 0.309 e. The van der Waals surface area contributed by atoms with E-state index in [1.807, 2.05) is 11.3 Å². The summed E-state index contributed by atoms with van der Waals surface area (Å²) in [6, 6.07) is 60.0. The molecule has 0 atom stereocenters. The van der Waals surface area contributed by atoms with E-state index >= 15 is 0 Å². The molecule has 7 aromatic carbocycles. The number of thiophene rings is 1. The first-order valence-electron chi connectivity index (χ1n) is 16.3. The highest BCUT2D eigenvalue weighted by atomic mass is 32.1. The van der Waals surface area contributed by atoms with Crippen LogP contribution in [0.15, 0.2) is 164 Å². The van der Waals surface area contributed by atoms with Gasteiger partial charge in [-0.1, -0.05) is 141 Å². The first kappa shape index (κ1) is 27.8. The number of fused-ring (bicyclic) bond motifs is 6. The lowest BCUT2D eigenvalue weighted by Gasteiger charge is -2.28. The molecular formula is C45H33NS. The topological polar surface area (TPSA) is 3.24 Å². The van der Waals surface area contributed by atoms with Crippen molar-refractivity contribution < 1.29 is 0 Å². The maximum absolute atomic E-state index is 2.46. The number of benzene rings is 7. The van der Waals surface area contributed by atoms with Crippen LogP contribution >= 0.6 is 11.3 Å². The van der Waals surface area contributed by atoms with Crippen LogP contribution in [-0.2, 0) is 5.41 Å². The highest BCUT2D eigenvalue weighted by Gasteiger charge is 2.37. The Labute approximate surface area is 280 Å². The van der Waals surface area contributed by atoms with Gasteiger partial charge in [-0.05, 0) is 80.9 Å². The van der Waals surface area contributed by atoms with E-state index in [1.165, 1.54) is 70.4 Å². The summed E-state index contributed by atoms with van der Waals surface area (Å²) < 4.78 is 2.61. The zero-order valence-electron chi connectivity index (χ0n) is 26.4. The molecule has 0 unspecified atom stereocenters. The van der Waals surface area contributed by atoms with E-state index in [-0.39, 0.29) is 5.41 Å². The number of hydrogen-bond acceptors (Lipinski definition) is 2. The molecule has 9 rings (SSSR count). The lowest BCUT2D eigenvalue weighted by molar-refractivity contribution is 0.660. The van der Waals surface area contributed by atoms with Gasteiger partial charge in [-0.2, -0.15) is 0 Å². The van der Waals surface area contributed by atoms with Gasteiger partial charge in [-0.3, -0.25) is 0 Å². The third kappa shape index (κ3) is 4.44. The van der Waals surface area contributed by atoms with E-state index in [0.29, 0.717) is 0 Å². The maximum atomic E-state index is 2.46. The van der Waals surface area contributed by atoms with Crippen molar-refractivity contribution in [2.24, 2.45) is 0 Å². The molecular weight excluding hydrogens is 587 g/mol. The van der Waals surface area contributed by atoms with Crippen molar-refractivity contribution in [3.63, 3.8) is 0 Å². The second-order valence-corrected chi connectivity index (χ2v) is 14.0. The maximum Gasteiger partial charge on any atom is 0.0640 e. The van der Waals surface area contributed by atoms with Gasteiger partial charge in [0.1, 0.15) is 0 Å². The van der Waals surface area contributed by atoms with E-state index in [0.717, 1.165) is 11.4 Å². The van der Waals surface area contributed by atoms with Crippen LogP contribution in [0.2, 0.25) is 0 Å². The van der Waals surface area contributed by atoms with E-state index in [9.17, 15) is 0 Å². The molecule has 0 saturated heterocycles. The molecule has 224 valence electrons. The Morgan fingerprint density at radius 1 is 0.468 bits per heavy atom. The molecule has 0 saturated carbocycles. The SMILES string of the molecule is CC1(C)c2ccc(N(c3ccc(-c4ccccc4)cc3)c3cccc4c3sc3ccccc34)cc2-c2c(-c3ccccc3)cccc21. The van der Waals surface area contributed by atoms with Crippen LogP contribution in [0.25, 0.3) is 53.6 Å². The van der Waals surface area contributed by atoms with Gasteiger partial charge in [0.05, 0.1) is 10.4 Å². The Balaban J connectivity index is 1.28. The summed E-state index contributed by atoms with van der Waals surface area (Å²) in [6.07, 6.45) is 0. The normalized spacial score (nSPS) is 13.1. The molecule has 0 spiro atoms. The molecule has 1 nitrogen and oxygen atoms in total. The summed E-state index contributed by atoms with van der Waals surface area (Å²) in [5, 5.41) is 2.61. The van der Waals surface area contributed by atoms with Crippen molar-refractivity contribution in [3.8, 4) is 33.4 Å². The summed E-state index contributed by atoms with van der Waals surface area (Å²) in [5.74, 6) is 0. The fraction of sp³-hybridized carbons (Fsp3) is 0.0667. The average molecular weight is 620 g/mol. The second-order valence-electron chi connectivity index (χ2n) is 12.9. The molecule has 1 heterocycles. The van der Waals surface area contributed by atoms with Gasteiger partial charge in [0, 0.05) is 32.3 Å². The van der Waals surface area contributed by atoms with E-state index < -0.39 is 0 Å². The minimum atomic E-state index is -0.0956. The van der Waals surface area contributed by atoms with Gasteiger partial charge in [0.2, 0.25) is 0 Å². The molecule has 1 aliphatic carbocycles. The predicted molar refractivity (Wildman–Crippen MR) is 202 cm³/mol. The number of nitrogens with zero attached hydrogens (tertiary/aromatic N) is 1. The van der Waals surface area contributed by atoms with Crippen LogP contribution in [0.5, 0.6) is 0 Å². The number of hydrogen-bond donors (Lipinski definition) is 0. The quantitative estimate of drug-likeness (QED) is 0.185. The van der Waals surface area contributed by atoms with Gasteiger partial charge in [0.15, 0.2) is 0 Å². The Hall–Kier alpha value is -5.44. The van der Waals surface area contributed by atoms with Gasteiger partial charge in [0.25, 0.3) is 0 Å². The summed E-state index contributed by atoms with van der Waals surface area (Å²) >= 11 is 1.88. The zero-order valence-corrected chi connectivity index (χ0v) is 27.3. The van der Waals surface area contributed by atoms with Crippen LogP contribution in [0.3, 0.4) is 0 Å². The van der Waals surface area contributed by atoms with E-state index in [2.05, 4.69) is 183 Å². The summed E-state index contributed by atoms with van der Waals surface area (Å²) in [6.45, 7) is 4.73. The first-order chi connectivity index (χ1) is 23.1. The second kappa shape index (κ2) is 10.8. The molecule has 0 radical (unpaired) electrons. The van der Waals surface area contributed by atoms with Crippen molar-refractivity contribution in [1.82, 2.24) is 0 Å². The molecule has 0 fully saturated rings. The Bertz CT molecular complexity index is 2420. The Morgan fingerprint density at radius 2 is 1.11 bits per heavy atom. The van der Waals surface area contributed by atoms with Crippen LogP contribution in [0, 0.1) is 0 Å². The molecule has 0 bridgehead atoms. The van der Waals surface area contributed by atoms with E-state index in [4.69, 9.17) is 0 Å². The molecule has 0 amide bonds. The third-order valence-electron chi connectivity index (χ3n) is 9.88. The molecule has 2 heteroatoms. The smallest absolute Gasteiger partial charge is 0.0640 e. The van der Waals surface area contributed by atoms with Crippen molar-refractivity contribution in [2.45, 2.75) is 19.3 Å². The number of rotatable bonds is 5. The number of anilines is 3. The standard InChI is InChI=1S/C45H33NS/c1-45(2)39-28-27-34(29-38(39)43-35(18-11-20-40(43)45)32-15-7-4-8-16-32)46(33-25-23-31(24-26-33)30-13-5-3-6-14-30)41-21-12-19-37-36-17-9-10-22-42(36)47-44(37)41/h3-29H,1-2H3. The minimum Gasteiger partial charge on any atom is -0.309 e. The van der Waals surface area contributed by atoms with Gasteiger partial charge < -0.3 is 4.90 Å². The van der Waals surface area contributed by atoms with Gasteiger partial charge >= 0.3 is 0 Å². The molecule has 1 aliphatic rings. The van der Waals surface area contributed by atoms with Gasteiger partial charge in [-0.25, -0.2) is 0 Å². The van der Waals surface area contributed by atoms with Crippen molar-refractivity contribution in [3.05, 3.63) is 175 Å². The van der Waals surface area contributed by atoms with Crippen LogP contribution in [0.4, 0.5) is 17.1 Å². The fourth-order valence-electron chi connectivity index (χ4n) is 7.56. The fourth-order valence-corrected chi connectivity index (χ4v) is 8.77. The van der Waals surface area contributed by atoms with Crippen molar-refractivity contribution >= 4 is 48.6 Å². The minimum absolute atomic E-state index is 0.0956. The predicted octanol–water partition coefficient (Wildman–Crippen LogP) is 13.2. The summed E-state index contributed by atoms with van der Waals surface area (Å²) in [5.41, 5.74) is 13.8. The van der Waals surface area contributed by atoms with E-state index in [1.54, 1.807) is 0 Å². The molecule has 0 aliphatic heterocycles. The lowest BCUT2D eigenvalue weighted by Crippen LogP contribution is -2.15. The molecule has 0 N–H and O–H groups in total. The summed E-state index contributed by atoms with van der Waals surface area (Å²) in [4.78, 5) is 2.46. The molecule has 47 heavy (non-hydrogen) atoms. The van der Waals surface area contributed by atoms with Crippen LogP contribution < -0.4 is 4.90 Å². The zero-order chi connectivity index (χ0) is 31.5. The Morgan fingerprint density at radius 3 is 1.89 bits per heavy atom. The monoisotopic (exact) mass is 619 g/mol. The first-order valence-corrected chi connectivity index (χ1v) is 17.1. The lowest BCUT2D eigenvalue weighted by atomic mass is 9.82. The van der Waals surface area contributed by atoms with Crippen molar-refractivity contribution in [1.29, 1.82) is 0 Å². The van der Waals surface area contributed by atoms with Crippen molar-refractivity contribution in [2.75, 3.05) is 4.90 Å². The van der Waals surface area contributed by atoms with Gasteiger partial charge in [-0.15, -0.1) is 11.3 Å². The average Bonchev–Trinajstić information content (AvgIpc) is 3.62. The molecule has 8 aromatic rings. The van der Waals surface area contributed by atoms with Crippen LogP contribution in [0.1, 0.15) is 25.0 Å². The highest BCUT2D eigenvalue weighted by Crippen LogP contribution is 2.54. The summed E-state index contributed by atoms with van der Waals surface area (Å²) in [7, 11) is 0. The highest BCUT2D eigenvalue weighted by molar-refractivity contribution is 7.26. The van der Waals surface area contributed by atoms with Crippen LogP contribution in [-0.4, -0.2) is 0 Å². The Kier molecular flexibility index (Phi) is 6.41. The third-order valence-corrected chi connectivity index (χ3v) is 11.1.